The lowest BCUT2D eigenvalue weighted by atomic mass is 9.93. The van der Waals surface area contributed by atoms with Crippen molar-refractivity contribution in [1.82, 2.24) is 4.98 Å². The average Bonchev–Trinajstić information content (AvgIpc) is 2.06. The van der Waals surface area contributed by atoms with Crippen LogP contribution in [0, 0.1) is 6.42 Å². The van der Waals surface area contributed by atoms with E-state index < -0.39 is 0 Å². The van der Waals surface area contributed by atoms with Gasteiger partial charge < -0.3 is 5.73 Å². The Morgan fingerprint density at radius 2 is 2.45 bits per heavy atom. The lowest BCUT2D eigenvalue weighted by Gasteiger charge is -2.15. The van der Waals surface area contributed by atoms with E-state index in [0.29, 0.717) is 5.82 Å². The molecule has 0 spiro atoms. The van der Waals surface area contributed by atoms with Crippen LogP contribution in [0.25, 0.3) is 0 Å². The predicted molar refractivity (Wildman–Crippen MR) is 43.9 cm³/mol. The van der Waals surface area contributed by atoms with E-state index in [9.17, 15) is 0 Å². The van der Waals surface area contributed by atoms with Crippen molar-refractivity contribution in [3.8, 4) is 0 Å². The Bertz CT molecular complexity index is 268. The lowest BCUT2D eigenvalue weighted by Crippen LogP contribution is -2.07. The summed E-state index contributed by atoms with van der Waals surface area (Å²) in [5.41, 5.74) is 8.23. The second-order valence-corrected chi connectivity index (χ2v) is 2.76. The van der Waals surface area contributed by atoms with Crippen LogP contribution in [-0.2, 0) is 12.8 Å². The van der Waals surface area contributed by atoms with Gasteiger partial charge in [0.25, 0.3) is 0 Å². The van der Waals surface area contributed by atoms with Crippen LogP contribution in [0.3, 0.4) is 0 Å². The zero-order valence-corrected chi connectivity index (χ0v) is 6.30. The van der Waals surface area contributed by atoms with Gasteiger partial charge in [-0.1, -0.05) is 0 Å². The molecule has 0 saturated carbocycles. The third-order valence-electron chi connectivity index (χ3n) is 2.05. The molecule has 0 atom stereocenters. The fourth-order valence-corrected chi connectivity index (χ4v) is 1.44. The maximum atomic E-state index is 5.70. The van der Waals surface area contributed by atoms with Crippen molar-refractivity contribution in [2.45, 2.75) is 19.3 Å². The van der Waals surface area contributed by atoms with Gasteiger partial charge in [0.1, 0.15) is 5.82 Å². The molecule has 0 saturated heterocycles. The topological polar surface area (TPSA) is 38.9 Å². The number of aromatic nitrogens is 1. The van der Waals surface area contributed by atoms with Crippen LogP contribution in [0.1, 0.15) is 17.5 Å². The SMILES string of the molecule is Nc1nccc2c1CC[C]C2. The van der Waals surface area contributed by atoms with Crippen LogP contribution < -0.4 is 5.73 Å². The Morgan fingerprint density at radius 1 is 1.55 bits per heavy atom. The van der Waals surface area contributed by atoms with Crippen LogP contribution >= 0.6 is 0 Å². The quantitative estimate of drug-likeness (QED) is 0.598. The van der Waals surface area contributed by atoms with Crippen molar-refractivity contribution in [1.29, 1.82) is 0 Å². The Hall–Kier alpha value is -1.05. The molecule has 0 fully saturated rings. The summed E-state index contributed by atoms with van der Waals surface area (Å²) in [7, 11) is 0. The second-order valence-electron chi connectivity index (χ2n) is 2.76. The summed E-state index contributed by atoms with van der Waals surface area (Å²) in [6.07, 6.45) is 8.01. The van der Waals surface area contributed by atoms with Crippen LogP contribution in [0.4, 0.5) is 5.82 Å². The Balaban J connectivity index is 2.49. The highest BCUT2D eigenvalue weighted by atomic mass is 14.8. The van der Waals surface area contributed by atoms with Gasteiger partial charge in [0.05, 0.1) is 0 Å². The Labute approximate surface area is 66.4 Å². The van der Waals surface area contributed by atoms with Crippen molar-refractivity contribution < 1.29 is 0 Å². The summed E-state index contributed by atoms with van der Waals surface area (Å²) >= 11 is 0. The summed E-state index contributed by atoms with van der Waals surface area (Å²) < 4.78 is 0. The first-order valence-electron chi connectivity index (χ1n) is 3.81. The minimum Gasteiger partial charge on any atom is -0.383 e. The van der Waals surface area contributed by atoms with Gasteiger partial charge in [0, 0.05) is 6.20 Å². The molecular formula is C9H10N2. The molecule has 2 nitrogen and oxygen atoms in total. The zero-order chi connectivity index (χ0) is 7.68. The molecule has 0 aliphatic heterocycles. The van der Waals surface area contributed by atoms with E-state index >= 15 is 0 Å². The van der Waals surface area contributed by atoms with E-state index in [1.165, 1.54) is 11.1 Å². The average molecular weight is 146 g/mol. The number of hydrogen-bond acceptors (Lipinski definition) is 2. The molecule has 56 valence electrons. The molecule has 0 bridgehead atoms. The molecule has 0 amide bonds. The molecular weight excluding hydrogens is 136 g/mol. The van der Waals surface area contributed by atoms with E-state index in [2.05, 4.69) is 11.4 Å². The van der Waals surface area contributed by atoms with Crippen molar-refractivity contribution in [2.24, 2.45) is 0 Å². The van der Waals surface area contributed by atoms with Gasteiger partial charge in [0.2, 0.25) is 0 Å². The molecule has 0 unspecified atom stereocenters. The maximum Gasteiger partial charge on any atom is 0.126 e. The molecule has 11 heavy (non-hydrogen) atoms. The van der Waals surface area contributed by atoms with Crippen molar-refractivity contribution in [3.63, 3.8) is 0 Å². The normalized spacial score (nSPS) is 16.0. The molecule has 2 radical (unpaired) electrons. The third kappa shape index (κ3) is 1.09. The monoisotopic (exact) mass is 146 g/mol. The number of nitrogens with zero attached hydrogens (tertiary/aromatic N) is 1. The third-order valence-corrected chi connectivity index (χ3v) is 2.05. The Kier molecular flexibility index (Phi) is 1.53. The van der Waals surface area contributed by atoms with Crippen LogP contribution in [-0.4, -0.2) is 4.98 Å². The molecule has 0 aromatic carbocycles. The minimum absolute atomic E-state index is 0.698. The number of rotatable bonds is 0. The van der Waals surface area contributed by atoms with E-state index in [1.54, 1.807) is 6.20 Å². The highest BCUT2D eigenvalue weighted by molar-refractivity contribution is 5.46. The smallest absolute Gasteiger partial charge is 0.126 e. The van der Waals surface area contributed by atoms with E-state index in [4.69, 9.17) is 5.73 Å². The van der Waals surface area contributed by atoms with Gasteiger partial charge in [-0.15, -0.1) is 0 Å². The molecule has 1 aromatic rings. The molecule has 1 aliphatic rings. The van der Waals surface area contributed by atoms with Gasteiger partial charge in [0.15, 0.2) is 0 Å². The molecule has 2 N–H and O–H groups in total. The van der Waals surface area contributed by atoms with E-state index in [1.807, 2.05) is 6.07 Å². The number of hydrogen-bond donors (Lipinski definition) is 1. The highest BCUT2D eigenvalue weighted by Crippen LogP contribution is 2.23. The van der Waals surface area contributed by atoms with E-state index in [0.717, 1.165) is 19.3 Å². The van der Waals surface area contributed by atoms with Crippen LogP contribution in [0.15, 0.2) is 12.3 Å². The fraction of sp³-hybridized carbons (Fsp3) is 0.333. The first-order chi connectivity index (χ1) is 5.38. The molecule has 1 heterocycles. The lowest BCUT2D eigenvalue weighted by molar-refractivity contribution is 0.825. The van der Waals surface area contributed by atoms with Gasteiger partial charge in [-0.25, -0.2) is 4.98 Å². The summed E-state index contributed by atoms with van der Waals surface area (Å²) in [6.45, 7) is 0. The predicted octanol–water partition coefficient (Wildman–Crippen LogP) is 1.23. The largest absolute Gasteiger partial charge is 0.383 e. The van der Waals surface area contributed by atoms with Crippen molar-refractivity contribution >= 4 is 5.82 Å². The number of fused-ring (bicyclic) bond motifs is 1. The van der Waals surface area contributed by atoms with Gasteiger partial charge in [-0.05, 0) is 42.9 Å². The molecule has 1 aliphatic carbocycles. The highest BCUT2D eigenvalue weighted by Gasteiger charge is 2.11. The van der Waals surface area contributed by atoms with Gasteiger partial charge in [-0.3, -0.25) is 0 Å². The first-order valence-corrected chi connectivity index (χ1v) is 3.81. The fourth-order valence-electron chi connectivity index (χ4n) is 1.44. The number of pyridine rings is 1. The summed E-state index contributed by atoms with van der Waals surface area (Å²) in [5, 5.41) is 0. The number of anilines is 1. The standard InChI is InChI=1S/C9H10N2/c10-9-8-4-2-1-3-7(8)5-6-11-9/h5-6H,2-4H2,(H2,10,11). The van der Waals surface area contributed by atoms with Crippen molar-refractivity contribution in [3.05, 3.63) is 29.8 Å². The van der Waals surface area contributed by atoms with E-state index in [-0.39, 0.29) is 0 Å². The van der Waals surface area contributed by atoms with Crippen molar-refractivity contribution in [2.75, 3.05) is 5.73 Å². The molecule has 1 aromatic heterocycles. The second kappa shape index (κ2) is 2.53. The maximum absolute atomic E-state index is 5.70. The number of nitrogen functional groups attached to an aromatic ring is 1. The van der Waals surface area contributed by atoms with Crippen LogP contribution in [0.5, 0.6) is 0 Å². The summed E-state index contributed by atoms with van der Waals surface area (Å²) in [6, 6.07) is 2.03. The Morgan fingerprint density at radius 3 is 3.27 bits per heavy atom. The van der Waals surface area contributed by atoms with Gasteiger partial charge >= 0.3 is 0 Å². The minimum atomic E-state index is 0.698. The molecule has 2 heteroatoms. The zero-order valence-electron chi connectivity index (χ0n) is 6.30. The number of nitrogens with two attached hydrogens (primary N) is 1. The van der Waals surface area contributed by atoms with Gasteiger partial charge in [-0.2, -0.15) is 0 Å². The summed E-state index contributed by atoms with van der Waals surface area (Å²) in [4.78, 5) is 4.04. The summed E-state index contributed by atoms with van der Waals surface area (Å²) in [5.74, 6) is 0.698. The molecule has 2 rings (SSSR count). The first kappa shape index (κ1) is 6.65. The van der Waals surface area contributed by atoms with Crippen LogP contribution in [0.2, 0.25) is 0 Å².